The van der Waals surface area contributed by atoms with E-state index in [1.165, 1.54) is 0 Å². The van der Waals surface area contributed by atoms with E-state index in [2.05, 4.69) is 16.6 Å². The number of hydrogen-bond acceptors (Lipinski definition) is 0. The summed E-state index contributed by atoms with van der Waals surface area (Å²) in [4.78, 5) is 0. The first-order valence-electron chi connectivity index (χ1n) is 4.23. The van der Waals surface area contributed by atoms with Crippen LogP contribution in [0.2, 0.25) is 0 Å². The zero-order valence-electron chi connectivity index (χ0n) is 7.83. The maximum atomic E-state index is 5.40. The SMILES string of the molecule is C#C[Si](C#C)(C#C)Cc1ccccc1. The maximum absolute atomic E-state index is 5.40. The van der Waals surface area contributed by atoms with E-state index in [0.29, 0.717) is 6.04 Å². The molecule has 0 spiro atoms. The molecule has 66 valence electrons. The van der Waals surface area contributed by atoms with Crippen LogP contribution in [0.15, 0.2) is 30.3 Å². The second-order valence-corrected chi connectivity index (χ2v) is 6.03. The minimum Gasteiger partial charge on any atom is -0.125 e. The quantitative estimate of drug-likeness (QED) is 0.497. The van der Waals surface area contributed by atoms with Crippen molar-refractivity contribution in [1.82, 2.24) is 0 Å². The van der Waals surface area contributed by atoms with Gasteiger partial charge in [0, 0.05) is 6.04 Å². The molecule has 1 heteroatoms. The summed E-state index contributed by atoms with van der Waals surface area (Å²) in [6.45, 7) is 0. The summed E-state index contributed by atoms with van der Waals surface area (Å²) in [5.41, 5.74) is 9.01. The fourth-order valence-corrected chi connectivity index (χ4v) is 2.58. The minimum absolute atomic E-state index is 0.664. The highest BCUT2D eigenvalue weighted by Gasteiger charge is 2.26. The van der Waals surface area contributed by atoms with Gasteiger partial charge in [0.15, 0.2) is 0 Å². The average Bonchev–Trinajstić information content (AvgIpc) is 2.28. The Morgan fingerprint density at radius 1 is 0.929 bits per heavy atom. The van der Waals surface area contributed by atoms with E-state index in [-0.39, 0.29) is 0 Å². The van der Waals surface area contributed by atoms with Gasteiger partial charge < -0.3 is 0 Å². The molecule has 0 heterocycles. The van der Waals surface area contributed by atoms with Crippen molar-refractivity contribution in [2.75, 3.05) is 0 Å². The lowest BCUT2D eigenvalue weighted by Crippen LogP contribution is -2.33. The van der Waals surface area contributed by atoms with Crippen molar-refractivity contribution >= 4 is 8.07 Å². The number of hydrogen-bond donors (Lipinski definition) is 0. The Balaban J connectivity index is 2.96. The van der Waals surface area contributed by atoms with Gasteiger partial charge in [0.05, 0.1) is 0 Å². The van der Waals surface area contributed by atoms with Crippen molar-refractivity contribution in [3.05, 3.63) is 35.9 Å². The van der Waals surface area contributed by atoms with E-state index < -0.39 is 8.07 Å². The van der Waals surface area contributed by atoms with Crippen LogP contribution in [-0.2, 0) is 6.04 Å². The molecule has 0 nitrogen and oxygen atoms in total. The van der Waals surface area contributed by atoms with Gasteiger partial charge in [-0.1, -0.05) is 30.3 Å². The molecule has 1 aromatic carbocycles. The predicted octanol–water partition coefficient (Wildman–Crippen LogP) is 1.73. The van der Waals surface area contributed by atoms with Crippen molar-refractivity contribution in [3.63, 3.8) is 0 Å². The molecule has 0 amide bonds. The van der Waals surface area contributed by atoms with E-state index in [9.17, 15) is 0 Å². The van der Waals surface area contributed by atoms with Crippen LogP contribution in [0.5, 0.6) is 0 Å². The topological polar surface area (TPSA) is 0 Å². The molecule has 0 bridgehead atoms. The molecule has 0 N–H and O–H groups in total. The lowest BCUT2D eigenvalue weighted by Gasteiger charge is -2.11. The summed E-state index contributed by atoms with van der Waals surface area (Å²) < 4.78 is 0. The Hall–Kier alpha value is -1.88. The van der Waals surface area contributed by atoms with Crippen LogP contribution in [0.1, 0.15) is 5.56 Å². The zero-order valence-corrected chi connectivity index (χ0v) is 8.83. The number of rotatable bonds is 2. The molecule has 0 aliphatic rings. The van der Waals surface area contributed by atoms with Gasteiger partial charge in [-0.3, -0.25) is 0 Å². The van der Waals surface area contributed by atoms with Crippen LogP contribution in [0.3, 0.4) is 0 Å². The van der Waals surface area contributed by atoms with Gasteiger partial charge in [-0.2, -0.15) is 0 Å². The molecule has 0 fully saturated rings. The van der Waals surface area contributed by atoms with Crippen molar-refractivity contribution in [2.24, 2.45) is 0 Å². The number of benzene rings is 1. The Morgan fingerprint density at radius 3 is 1.86 bits per heavy atom. The van der Waals surface area contributed by atoms with Crippen LogP contribution in [-0.4, -0.2) is 8.07 Å². The van der Waals surface area contributed by atoms with E-state index in [4.69, 9.17) is 19.3 Å². The third-order valence-corrected chi connectivity index (χ3v) is 4.47. The average molecular weight is 194 g/mol. The third-order valence-electron chi connectivity index (χ3n) is 2.05. The van der Waals surface area contributed by atoms with E-state index >= 15 is 0 Å². The molecule has 0 aliphatic carbocycles. The van der Waals surface area contributed by atoms with Gasteiger partial charge in [0.25, 0.3) is 8.07 Å². The molecule has 1 rings (SSSR count). The summed E-state index contributed by atoms with van der Waals surface area (Å²) >= 11 is 0. The summed E-state index contributed by atoms with van der Waals surface area (Å²) in [6, 6.07) is 10.5. The van der Waals surface area contributed by atoms with Crippen LogP contribution in [0.4, 0.5) is 0 Å². The van der Waals surface area contributed by atoms with Crippen LogP contribution in [0, 0.1) is 35.9 Å². The first-order valence-corrected chi connectivity index (χ1v) is 6.44. The van der Waals surface area contributed by atoms with Crippen molar-refractivity contribution < 1.29 is 0 Å². The van der Waals surface area contributed by atoms with Gasteiger partial charge in [-0.25, -0.2) is 0 Å². The molecule has 0 saturated carbocycles. The zero-order chi connectivity index (χ0) is 10.4. The fraction of sp³-hybridized carbons (Fsp3) is 0.0769. The highest BCUT2D eigenvalue weighted by Crippen LogP contribution is 2.09. The highest BCUT2D eigenvalue weighted by molar-refractivity contribution is 7.00. The Labute approximate surface area is 86.4 Å². The lowest BCUT2D eigenvalue weighted by atomic mass is 10.2. The van der Waals surface area contributed by atoms with Gasteiger partial charge in [-0.05, 0) is 5.56 Å². The molecule has 1 aromatic rings. The Kier molecular flexibility index (Phi) is 3.19. The molecule has 0 atom stereocenters. The third kappa shape index (κ3) is 2.08. The van der Waals surface area contributed by atoms with E-state index in [0.717, 1.165) is 5.56 Å². The molecule has 0 saturated heterocycles. The smallest absolute Gasteiger partial charge is 0.125 e. The van der Waals surface area contributed by atoms with Crippen molar-refractivity contribution in [3.8, 4) is 35.9 Å². The molecule has 0 unspecified atom stereocenters. The Morgan fingerprint density at radius 2 is 1.43 bits per heavy atom. The van der Waals surface area contributed by atoms with Crippen LogP contribution in [0.25, 0.3) is 0 Å². The van der Waals surface area contributed by atoms with Crippen molar-refractivity contribution in [1.29, 1.82) is 0 Å². The van der Waals surface area contributed by atoms with E-state index in [1.807, 2.05) is 30.3 Å². The number of terminal acetylenes is 3. The normalized spacial score (nSPS) is 9.50. The minimum atomic E-state index is -2.37. The second kappa shape index (κ2) is 4.38. The first kappa shape index (κ1) is 10.2. The maximum Gasteiger partial charge on any atom is 0.293 e. The molecular weight excluding hydrogens is 184 g/mol. The highest BCUT2D eigenvalue weighted by atomic mass is 28.3. The van der Waals surface area contributed by atoms with Gasteiger partial charge in [0.2, 0.25) is 0 Å². The summed E-state index contributed by atoms with van der Waals surface area (Å²) in [6.07, 6.45) is 16.2. The second-order valence-electron chi connectivity index (χ2n) is 3.00. The van der Waals surface area contributed by atoms with Crippen LogP contribution >= 0.6 is 0 Å². The molecule has 0 aromatic heterocycles. The monoisotopic (exact) mass is 194 g/mol. The lowest BCUT2D eigenvalue weighted by molar-refractivity contribution is 1.37. The van der Waals surface area contributed by atoms with Gasteiger partial charge in [0.1, 0.15) is 0 Å². The van der Waals surface area contributed by atoms with Gasteiger partial charge >= 0.3 is 0 Å². The molecule has 0 aliphatic heterocycles. The summed E-state index contributed by atoms with van der Waals surface area (Å²) in [7, 11) is -2.37. The molecule has 0 radical (unpaired) electrons. The first-order chi connectivity index (χ1) is 6.76. The summed E-state index contributed by atoms with van der Waals surface area (Å²) in [5.74, 6) is 0. The molecule has 14 heavy (non-hydrogen) atoms. The fourth-order valence-electron chi connectivity index (χ4n) is 1.18. The predicted molar refractivity (Wildman–Crippen MR) is 62.4 cm³/mol. The Bertz CT molecular complexity index is 387. The van der Waals surface area contributed by atoms with Crippen LogP contribution < -0.4 is 0 Å². The van der Waals surface area contributed by atoms with Gasteiger partial charge in [-0.15, -0.1) is 35.9 Å². The largest absolute Gasteiger partial charge is 0.293 e. The summed E-state index contributed by atoms with van der Waals surface area (Å²) in [5, 5.41) is 0. The van der Waals surface area contributed by atoms with E-state index in [1.54, 1.807) is 0 Å². The van der Waals surface area contributed by atoms with Crippen molar-refractivity contribution in [2.45, 2.75) is 6.04 Å². The standard InChI is InChI=1S/C13H10Si/c1-4-14(5-2,6-3)12-13-10-8-7-9-11-13/h1-3,7-11H,12H2. The molecular formula is C13H10Si.